The second-order valence-corrected chi connectivity index (χ2v) is 9.31. The molecule has 2 amide bonds. The molecule has 0 spiro atoms. The van der Waals surface area contributed by atoms with Gasteiger partial charge >= 0.3 is 5.91 Å². The number of carbonyl (C=O) groups excluding carboxylic acids is 2. The second-order valence-electron chi connectivity index (χ2n) is 8.50. The molecule has 0 radical (unpaired) electrons. The molecule has 34 heavy (non-hydrogen) atoms. The molecule has 0 fully saturated rings. The topological polar surface area (TPSA) is 82.1 Å². The van der Waals surface area contributed by atoms with Crippen molar-refractivity contribution in [3.8, 4) is 11.6 Å². The number of benzene rings is 1. The average Bonchev–Trinajstić information content (AvgIpc) is 3.25. The molecule has 1 aliphatic heterocycles. The quantitative estimate of drug-likeness (QED) is 0.378. The van der Waals surface area contributed by atoms with Crippen LogP contribution in [0, 0.1) is 6.92 Å². The molecule has 0 atom stereocenters. The molecule has 0 N–H and O–H groups in total. The molecule has 0 aliphatic carbocycles. The monoisotopic (exact) mass is 498 g/mol. The minimum atomic E-state index is -0.498. The van der Waals surface area contributed by atoms with E-state index in [-0.39, 0.29) is 34.3 Å². The fourth-order valence-corrected chi connectivity index (χ4v) is 4.25. The molecule has 4 rings (SSSR count). The van der Waals surface area contributed by atoms with Crippen LogP contribution < -0.4 is 9.67 Å². The summed E-state index contributed by atoms with van der Waals surface area (Å²) in [6.07, 6.45) is 4.03. The number of nitrogens with zero attached hydrogens (tertiary/aromatic N) is 4. The van der Waals surface area contributed by atoms with Crippen LogP contribution in [0.1, 0.15) is 49.9 Å². The highest BCUT2D eigenvalue weighted by Crippen LogP contribution is 2.39. The highest BCUT2D eigenvalue weighted by molar-refractivity contribution is 6.45. The second kappa shape index (κ2) is 9.24. The molecule has 0 saturated carbocycles. The van der Waals surface area contributed by atoms with Gasteiger partial charge in [0.25, 0.3) is 11.6 Å². The Labute approximate surface area is 207 Å². The Morgan fingerprint density at radius 1 is 1.06 bits per heavy atom. The molecule has 3 heterocycles. The lowest BCUT2D eigenvalue weighted by atomic mass is 9.98. The molecule has 7 nitrogen and oxygen atoms in total. The van der Waals surface area contributed by atoms with Crippen molar-refractivity contribution >= 4 is 46.3 Å². The lowest BCUT2D eigenvalue weighted by Crippen LogP contribution is -2.39. The zero-order valence-electron chi connectivity index (χ0n) is 19.3. The Balaban J connectivity index is 2.01. The van der Waals surface area contributed by atoms with E-state index in [0.717, 1.165) is 5.56 Å². The molecule has 176 valence electrons. The third kappa shape index (κ3) is 3.99. The van der Waals surface area contributed by atoms with Gasteiger partial charge in [0.15, 0.2) is 12.4 Å². The van der Waals surface area contributed by atoms with Crippen LogP contribution >= 0.6 is 23.2 Å². The van der Waals surface area contributed by atoms with Gasteiger partial charge in [-0.15, -0.1) is 0 Å². The van der Waals surface area contributed by atoms with Crippen LogP contribution in [0.4, 0.5) is 0 Å². The molecule has 1 aliphatic rings. The lowest BCUT2D eigenvalue weighted by Gasteiger charge is -2.15. The summed E-state index contributed by atoms with van der Waals surface area (Å²) in [5.74, 6) is -1.62. The zero-order chi connectivity index (χ0) is 24.7. The first-order valence-electron chi connectivity index (χ1n) is 11.0. The van der Waals surface area contributed by atoms with Gasteiger partial charge in [-0.2, -0.15) is 9.67 Å². The normalized spacial score (nSPS) is 14.1. The van der Waals surface area contributed by atoms with Crippen LogP contribution in [0.2, 0.25) is 10.0 Å². The van der Waals surface area contributed by atoms with Gasteiger partial charge in [0.2, 0.25) is 0 Å². The smallest absolute Gasteiger partial charge is 0.326 e. The maximum atomic E-state index is 13.7. The first-order chi connectivity index (χ1) is 16.1. The first kappa shape index (κ1) is 24.0. The predicted octanol–water partition coefficient (Wildman–Crippen LogP) is 4.12. The van der Waals surface area contributed by atoms with Gasteiger partial charge in [0.1, 0.15) is 5.57 Å². The highest BCUT2D eigenvalue weighted by Gasteiger charge is 2.46. The summed E-state index contributed by atoms with van der Waals surface area (Å²) in [6, 6.07) is 8.43. The first-order valence-corrected chi connectivity index (χ1v) is 11.8. The summed E-state index contributed by atoms with van der Waals surface area (Å²) < 4.78 is 2.80. The van der Waals surface area contributed by atoms with Crippen LogP contribution in [0.15, 0.2) is 42.7 Å². The van der Waals surface area contributed by atoms with Crippen LogP contribution in [0.25, 0.3) is 17.0 Å². The van der Waals surface area contributed by atoms with Crippen molar-refractivity contribution in [1.82, 2.24) is 14.7 Å². The van der Waals surface area contributed by atoms with E-state index in [4.69, 9.17) is 23.2 Å². The number of aromatic nitrogens is 3. The molecule has 3 aromatic rings. The predicted molar refractivity (Wildman–Crippen MR) is 129 cm³/mol. The van der Waals surface area contributed by atoms with Gasteiger partial charge in [0, 0.05) is 24.2 Å². The van der Waals surface area contributed by atoms with E-state index in [9.17, 15) is 14.7 Å². The minimum Gasteiger partial charge on any atom is -0.858 e. The summed E-state index contributed by atoms with van der Waals surface area (Å²) in [7, 11) is 0. The van der Waals surface area contributed by atoms with E-state index in [1.54, 1.807) is 35.2 Å². The molecule has 1 aromatic carbocycles. The number of halogens is 2. The van der Waals surface area contributed by atoms with E-state index < -0.39 is 17.7 Å². The number of hydrogen-bond donors (Lipinski definition) is 0. The fourth-order valence-electron chi connectivity index (χ4n) is 3.95. The Morgan fingerprint density at radius 3 is 2.32 bits per heavy atom. The van der Waals surface area contributed by atoms with Crippen LogP contribution in [0.3, 0.4) is 0 Å². The summed E-state index contributed by atoms with van der Waals surface area (Å²) in [5.41, 5.74) is 2.18. The Morgan fingerprint density at radius 2 is 1.74 bits per heavy atom. The lowest BCUT2D eigenvalue weighted by molar-refractivity contribution is -0.577. The number of rotatable bonds is 6. The van der Waals surface area contributed by atoms with Crippen molar-refractivity contribution in [1.29, 1.82) is 0 Å². The third-order valence-electron chi connectivity index (χ3n) is 5.66. The van der Waals surface area contributed by atoms with E-state index in [1.807, 2.05) is 39.8 Å². The fraction of sp³-hybridized carbons (Fsp3) is 0.280. The van der Waals surface area contributed by atoms with Crippen molar-refractivity contribution in [3.63, 3.8) is 0 Å². The molecule has 2 aromatic heterocycles. The molecule has 0 bridgehead atoms. The molecule has 0 saturated heterocycles. The molecule has 0 unspecified atom stereocenters. The number of imide groups is 1. The van der Waals surface area contributed by atoms with Gasteiger partial charge in [-0.3, -0.25) is 14.5 Å². The van der Waals surface area contributed by atoms with Gasteiger partial charge in [0.05, 0.1) is 21.4 Å². The molecular weight excluding hydrogens is 475 g/mol. The van der Waals surface area contributed by atoms with Crippen LogP contribution in [-0.2, 0) is 9.59 Å². The van der Waals surface area contributed by atoms with E-state index in [1.165, 1.54) is 9.58 Å². The van der Waals surface area contributed by atoms with Crippen molar-refractivity contribution in [2.75, 3.05) is 6.54 Å². The number of hydrogen-bond acceptors (Lipinski definition) is 4. The largest absolute Gasteiger partial charge is 0.858 e. The minimum absolute atomic E-state index is 0.0623. The Hall–Kier alpha value is -3.16. The number of aryl methyl sites for hydroxylation is 1. The summed E-state index contributed by atoms with van der Waals surface area (Å²) in [6.45, 7) is 7.84. The van der Waals surface area contributed by atoms with Crippen LogP contribution in [-0.4, -0.2) is 33.0 Å². The number of amides is 2. The summed E-state index contributed by atoms with van der Waals surface area (Å²) >= 11 is 12.2. The van der Waals surface area contributed by atoms with Gasteiger partial charge in [-0.25, -0.2) is 4.68 Å². The van der Waals surface area contributed by atoms with Gasteiger partial charge in [-0.05, 0) is 48.9 Å². The van der Waals surface area contributed by atoms with E-state index in [0.29, 0.717) is 22.8 Å². The van der Waals surface area contributed by atoms with Crippen molar-refractivity contribution in [2.45, 2.75) is 40.0 Å². The Bertz CT molecular complexity index is 1330. The number of pyridine rings is 1. The van der Waals surface area contributed by atoms with Crippen molar-refractivity contribution < 1.29 is 19.3 Å². The number of carbonyl (C=O) groups is 2. The van der Waals surface area contributed by atoms with Gasteiger partial charge < -0.3 is 5.11 Å². The standard InChI is InChI=1S/C25H24Cl2N4O3/c1-5-10-30-23(32)20(22(25(30)34)29-11-8-15(4)9-12-29)19-21(14(2)3)28-31(24(19)33)16-6-7-17(26)18(27)13-16/h6-9,11-14H,5,10H2,1-4H3. The summed E-state index contributed by atoms with van der Waals surface area (Å²) in [5, 5.41) is 18.9. The third-order valence-corrected chi connectivity index (χ3v) is 6.40. The maximum absolute atomic E-state index is 13.7. The van der Waals surface area contributed by atoms with Crippen molar-refractivity contribution in [3.05, 3.63) is 69.6 Å². The van der Waals surface area contributed by atoms with Gasteiger partial charge in [-0.1, -0.05) is 44.0 Å². The van der Waals surface area contributed by atoms with Crippen molar-refractivity contribution in [2.24, 2.45) is 0 Å². The highest BCUT2D eigenvalue weighted by atomic mass is 35.5. The SMILES string of the molecule is CCCN1C(=O)C(c2c(C(C)C)nn(-c3ccc(Cl)c(Cl)c3)c2[O-])=C([n+]2ccc(C)cc2)C1=O. The molecule has 9 heteroatoms. The zero-order valence-corrected chi connectivity index (χ0v) is 20.8. The maximum Gasteiger partial charge on any atom is 0.326 e. The van der Waals surface area contributed by atoms with E-state index in [2.05, 4.69) is 5.10 Å². The molecular formula is C25H24Cl2N4O3. The average molecular weight is 499 g/mol. The summed E-state index contributed by atoms with van der Waals surface area (Å²) in [4.78, 5) is 28.1. The van der Waals surface area contributed by atoms with Crippen LogP contribution in [0.5, 0.6) is 5.88 Å². The van der Waals surface area contributed by atoms with E-state index >= 15 is 0 Å². The Kier molecular flexibility index (Phi) is 6.51.